The number of rotatable bonds is 7. The van der Waals surface area contributed by atoms with E-state index in [-0.39, 0.29) is 6.10 Å². The second kappa shape index (κ2) is 9.94. The molecule has 1 aliphatic heterocycles. The third-order valence-corrected chi connectivity index (χ3v) is 4.54. The number of guanidine groups is 1. The van der Waals surface area contributed by atoms with Crippen molar-refractivity contribution >= 4 is 5.96 Å². The molecule has 1 saturated heterocycles. The van der Waals surface area contributed by atoms with E-state index in [4.69, 9.17) is 14.2 Å². The van der Waals surface area contributed by atoms with Gasteiger partial charge in [-0.15, -0.1) is 0 Å². The van der Waals surface area contributed by atoms with Crippen LogP contribution in [0.15, 0.2) is 41.5 Å². The predicted octanol–water partition coefficient (Wildman–Crippen LogP) is 2.43. The molecule has 1 aromatic carbocycles. The van der Waals surface area contributed by atoms with Crippen molar-refractivity contribution in [3.63, 3.8) is 0 Å². The minimum atomic E-state index is 0.126. The Morgan fingerprint density at radius 2 is 2.11 bits per heavy atom. The molecule has 2 N–H and O–H groups in total. The lowest BCUT2D eigenvalue weighted by molar-refractivity contribution is 0.140. The van der Waals surface area contributed by atoms with Crippen LogP contribution in [-0.4, -0.2) is 44.4 Å². The standard InChI is InChI=1S/C21H28N4O3/c1-15-4-6-17(19(10-15)28-18-8-9-27-14-18)13-25-21(22-2)24-12-16-5-7-20(26-3)23-11-16/h4-7,10-11,18H,8-9,12-14H2,1-3H3,(H2,22,24,25). The van der Waals surface area contributed by atoms with Crippen LogP contribution in [0.25, 0.3) is 0 Å². The molecule has 1 fully saturated rings. The van der Waals surface area contributed by atoms with Gasteiger partial charge in [0.25, 0.3) is 0 Å². The maximum absolute atomic E-state index is 6.16. The summed E-state index contributed by atoms with van der Waals surface area (Å²) in [6.07, 6.45) is 2.84. The van der Waals surface area contributed by atoms with Crippen molar-refractivity contribution in [3.05, 3.63) is 53.2 Å². The van der Waals surface area contributed by atoms with Gasteiger partial charge >= 0.3 is 0 Å². The Morgan fingerprint density at radius 3 is 2.79 bits per heavy atom. The van der Waals surface area contributed by atoms with Crippen molar-refractivity contribution in [3.8, 4) is 11.6 Å². The second-order valence-electron chi connectivity index (χ2n) is 6.70. The lowest BCUT2D eigenvalue weighted by Gasteiger charge is -2.18. The fraction of sp³-hybridized carbons (Fsp3) is 0.429. The highest BCUT2D eigenvalue weighted by molar-refractivity contribution is 5.79. The third-order valence-electron chi connectivity index (χ3n) is 4.54. The van der Waals surface area contributed by atoms with Crippen molar-refractivity contribution in [1.29, 1.82) is 0 Å². The molecule has 0 aliphatic carbocycles. The lowest BCUT2D eigenvalue weighted by Crippen LogP contribution is -2.36. The van der Waals surface area contributed by atoms with E-state index in [0.717, 1.165) is 29.9 Å². The van der Waals surface area contributed by atoms with Crippen molar-refractivity contribution < 1.29 is 14.2 Å². The summed E-state index contributed by atoms with van der Waals surface area (Å²) in [7, 11) is 3.36. The number of ether oxygens (including phenoxy) is 3. The van der Waals surface area contributed by atoms with Crippen LogP contribution in [0.5, 0.6) is 11.6 Å². The zero-order chi connectivity index (χ0) is 19.8. The summed E-state index contributed by atoms with van der Waals surface area (Å²) < 4.78 is 16.7. The van der Waals surface area contributed by atoms with E-state index in [1.807, 2.05) is 12.1 Å². The lowest BCUT2D eigenvalue weighted by atomic mass is 10.1. The van der Waals surface area contributed by atoms with Crippen molar-refractivity contribution in [1.82, 2.24) is 15.6 Å². The quantitative estimate of drug-likeness (QED) is 0.564. The smallest absolute Gasteiger partial charge is 0.212 e. The maximum Gasteiger partial charge on any atom is 0.212 e. The van der Waals surface area contributed by atoms with Crippen LogP contribution in [0, 0.1) is 6.92 Å². The van der Waals surface area contributed by atoms with Crippen molar-refractivity contribution in [2.24, 2.45) is 4.99 Å². The van der Waals surface area contributed by atoms with Crippen LogP contribution in [0.4, 0.5) is 0 Å². The number of pyridine rings is 1. The van der Waals surface area contributed by atoms with Crippen molar-refractivity contribution in [2.75, 3.05) is 27.4 Å². The van der Waals surface area contributed by atoms with Gasteiger partial charge in [-0.1, -0.05) is 18.2 Å². The molecular formula is C21H28N4O3. The molecule has 0 spiro atoms. The SMILES string of the molecule is CN=C(NCc1ccc(OC)nc1)NCc1ccc(C)cc1OC1CCOC1. The molecule has 0 radical (unpaired) electrons. The highest BCUT2D eigenvalue weighted by Gasteiger charge is 2.18. The number of aryl methyl sites for hydroxylation is 1. The van der Waals surface area contributed by atoms with Gasteiger partial charge in [0.1, 0.15) is 11.9 Å². The van der Waals surface area contributed by atoms with Crippen LogP contribution in [0.3, 0.4) is 0 Å². The number of nitrogens with zero attached hydrogens (tertiary/aromatic N) is 2. The highest BCUT2D eigenvalue weighted by Crippen LogP contribution is 2.23. The molecule has 0 saturated carbocycles. The number of hydrogen-bond donors (Lipinski definition) is 2. The Kier molecular flexibility index (Phi) is 7.08. The van der Waals surface area contributed by atoms with Gasteiger partial charge in [0, 0.05) is 44.4 Å². The van der Waals surface area contributed by atoms with Crippen molar-refractivity contribution in [2.45, 2.75) is 32.5 Å². The molecule has 7 nitrogen and oxygen atoms in total. The molecule has 1 aromatic heterocycles. The van der Waals surface area contributed by atoms with Gasteiger partial charge in [0.15, 0.2) is 5.96 Å². The van der Waals surface area contributed by atoms with E-state index in [1.165, 1.54) is 5.56 Å². The zero-order valence-electron chi connectivity index (χ0n) is 16.7. The van der Waals surface area contributed by atoms with Gasteiger partial charge in [-0.05, 0) is 24.1 Å². The first-order valence-corrected chi connectivity index (χ1v) is 9.45. The van der Waals surface area contributed by atoms with E-state index in [1.54, 1.807) is 20.4 Å². The van der Waals surface area contributed by atoms with Crippen LogP contribution < -0.4 is 20.1 Å². The fourth-order valence-electron chi connectivity index (χ4n) is 2.92. The number of aromatic nitrogens is 1. The minimum Gasteiger partial charge on any atom is -0.488 e. The number of aliphatic imine (C=N–C) groups is 1. The highest BCUT2D eigenvalue weighted by atomic mass is 16.5. The monoisotopic (exact) mass is 384 g/mol. The Balaban J connectivity index is 1.56. The molecule has 2 aromatic rings. The van der Waals surface area contributed by atoms with Gasteiger partial charge < -0.3 is 24.8 Å². The minimum absolute atomic E-state index is 0.126. The van der Waals surface area contributed by atoms with Gasteiger partial charge in [-0.3, -0.25) is 4.99 Å². The average Bonchev–Trinajstić information content (AvgIpc) is 3.23. The van der Waals surface area contributed by atoms with Crippen LogP contribution >= 0.6 is 0 Å². The first-order valence-electron chi connectivity index (χ1n) is 9.45. The Labute approximate surface area is 166 Å². The molecular weight excluding hydrogens is 356 g/mol. The third kappa shape index (κ3) is 5.60. The summed E-state index contributed by atoms with van der Waals surface area (Å²) in [5.41, 5.74) is 3.31. The second-order valence-corrected chi connectivity index (χ2v) is 6.70. The number of nitrogens with one attached hydrogen (secondary N) is 2. The zero-order valence-corrected chi connectivity index (χ0v) is 16.7. The van der Waals surface area contributed by atoms with E-state index < -0.39 is 0 Å². The van der Waals surface area contributed by atoms with E-state index in [2.05, 4.69) is 45.7 Å². The normalized spacial score (nSPS) is 16.7. The summed E-state index contributed by atoms with van der Waals surface area (Å²) in [4.78, 5) is 8.50. The topological polar surface area (TPSA) is 77.0 Å². The number of hydrogen-bond acceptors (Lipinski definition) is 5. The fourth-order valence-corrected chi connectivity index (χ4v) is 2.92. The Bertz CT molecular complexity index is 787. The molecule has 0 bridgehead atoms. The molecule has 1 unspecified atom stereocenters. The molecule has 0 amide bonds. The van der Waals surface area contributed by atoms with Gasteiger partial charge in [0.2, 0.25) is 5.88 Å². The Hall–Kier alpha value is -2.80. The summed E-state index contributed by atoms with van der Waals surface area (Å²) in [6.45, 7) is 4.72. The summed E-state index contributed by atoms with van der Waals surface area (Å²) >= 11 is 0. The summed E-state index contributed by atoms with van der Waals surface area (Å²) in [5, 5.41) is 6.64. The van der Waals surface area contributed by atoms with Crippen LogP contribution in [-0.2, 0) is 17.8 Å². The molecule has 1 aliphatic rings. The molecule has 3 rings (SSSR count). The molecule has 1 atom stereocenters. The van der Waals surface area contributed by atoms with E-state index >= 15 is 0 Å². The summed E-state index contributed by atoms with van der Waals surface area (Å²) in [6, 6.07) is 10.1. The van der Waals surface area contributed by atoms with Crippen LogP contribution in [0.2, 0.25) is 0 Å². The largest absolute Gasteiger partial charge is 0.488 e. The van der Waals surface area contributed by atoms with E-state index in [9.17, 15) is 0 Å². The number of benzene rings is 1. The van der Waals surface area contributed by atoms with Gasteiger partial charge in [-0.2, -0.15) is 0 Å². The first-order chi connectivity index (χ1) is 13.7. The summed E-state index contributed by atoms with van der Waals surface area (Å²) in [5.74, 6) is 2.22. The first kappa shape index (κ1) is 19.9. The average molecular weight is 384 g/mol. The van der Waals surface area contributed by atoms with Crippen LogP contribution in [0.1, 0.15) is 23.1 Å². The van der Waals surface area contributed by atoms with E-state index in [0.29, 0.717) is 31.5 Å². The molecule has 7 heteroatoms. The molecule has 150 valence electrons. The van der Waals surface area contributed by atoms with Gasteiger partial charge in [0.05, 0.1) is 20.3 Å². The van der Waals surface area contributed by atoms with Gasteiger partial charge in [-0.25, -0.2) is 4.98 Å². The molecule has 28 heavy (non-hydrogen) atoms. The molecule has 2 heterocycles. The number of methoxy groups -OCH3 is 1. The Morgan fingerprint density at radius 1 is 1.25 bits per heavy atom. The predicted molar refractivity (Wildman–Crippen MR) is 109 cm³/mol. The maximum atomic E-state index is 6.16.